The van der Waals surface area contributed by atoms with Crippen LogP contribution in [0, 0.1) is 26.2 Å². The molecule has 0 bridgehead atoms. The predicted molar refractivity (Wildman–Crippen MR) is 65.0 cm³/mol. The molecule has 1 rings (SSSR count). The number of aromatic carboxylic acids is 1. The lowest BCUT2D eigenvalue weighted by Gasteiger charge is -2.14. The maximum absolute atomic E-state index is 11.2. The van der Waals surface area contributed by atoms with Crippen molar-refractivity contribution in [1.82, 2.24) is 10.2 Å². The Balaban J connectivity index is 3.21. The Morgan fingerprint density at radius 3 is 2.65 bits per heavy atom. The zero-order chi connectivity index (χ0) is 13.0. The highest BCUT2D eigenvalue weighted by Gasteiger charge is 2.18. The molecule has 1 aromatic rings. The first-order valence-electron chi connectivity index (χ1n) is 5.31. The van der Waals surface area contributed by atoms with Crippen LogP contribution in [0.1, 0.15) is 35.0 Å². The van der Waals surface area contributed by atoms with Gasteiger partial charge in [0.2, 0.25) is 0 Å². The van der Waals surface area contributed by atoms with E-state index in [0.29, 0.717) is 17.7 Å². The molecule has 0 aliphatic carbocycles. The van der Waals surface area contributed by atoms with Crippen LogP contribution in [0.15, 0.2) is 0 Å². The molecule has 0 fully saturated rings. The molecule has 0 spiro atoms. The van der Waals surface area contributed by atoms with Gasteiger partial charge >= 0.3 is 5.97 Å². The molecule has 17 heavy (non-hydrogen) atoms. The molecular weight excluding hydrogens is 218 g/mol. The molecule has 0 amide bonds. The number of aromatic nitrogens is 2. The Morgan fingerprint density at radius 1 is 1.53 bits per heavy atom. The molecule has 0 saturated carbocycles. The number of rotatable bonds is 4. The highest BCUT2D eigenvalue weighted by molar-refractivity contribution is 5.94. The van der Waals surface area contributed by atoms with Gasteiger partial charge in [0.25, 0.3) is 0 Å². The Morgan fingerprint density at radius 2 is 2.18 bits per heavy atom. The van der Waals surface area contributed by atoms with Crippen LogP contribution in [0.25, 0.3) is 0 Å². The van der Waals surface area contributed by atoms with Crippen molar-refractivity contribution in [2.45, 2.75) is 33.2 Å². The van der Waals surface area contributed by atoms with Crippen molar-refractivity contribution in [2.75, 3.05) is 5.32 Å². The normalized spacial score (nSPS) is 11.6. The van der Waals surface area contributed by atoms with Gasteiger partial charge in [-0.1, -0.05) is 12.8 Å². The van der Waals surface area contributed by atoms with Crippen molar-refractivity contribution >= 4 is 11.8 Å². The van der Waals surface area contributed by atoms with Crippen LogP contribution in [-0.2, 0) is 0 Å². The second kappa shape index (κ2) is 5.30. The summed E-state index contributed by atoms with van der Waals surface area (Å²) in [6.45, 7) is 5.33. The van der Waals surface area contributed by atoms with E-state index in [-0.39, 0.29) is 17.4 Å². The summed E-state index contributed by atoms with van der Waals surface area (Å²) in [6, 6.07) is -0.246. The molecule has 1 aromatic heterocycles. The van der Waals surface area contributed by atoms with Crippen LogP contribution in [0.5, 0.6) is 0 Å². The van der Waals surface area contributed by atoms with Crippen molar-refractivity contribution in [3.63, 3.8) is 0 Å². The lowest BCUT2D eigenvalue weighted by atomic mass is 10.1. The van der Waals surface area contributed by atoms with Crippen molar-refractivity contribution in [3.05, 3.63) is 16.8 Å². The predicted octanol–water partition coefficient (Wildman–Crippen LogP) is 1.62. The average Bonchev–Trinajstić information content (AvgIpc) is 2.30. The zero-order valence-corrected chi connectivity index (χ0v) is 10.1. The molecule has 1 heterocycles. The van der Waals surface area contributed by atoms with Gasteiger partial charge in [0.05, 0.1) is 11.7 Å². The number of aryl methyl sites for hydroxylation is 1. The van der Waals surface area contributed by atoms with E-state index in [9.17, 15) is 4.79 Å². The minimum absolute atomic E-state index is 0.131. The van der Waals surface area contributed by atoms with Crippen LogP contribution in [0.2, 0.25) is 0 Å². The van der Waals surface area contributed by atoms with Crippen molar-refractivity contribution < 1.29 is 9.90 Å². The summed E-state index contributed by atoms with van der Waals surface area (Å²) in [6.07, 6.45) is 6.00. The fourth-order valence-corrected chi connectivity index (χ4v) is 1.40. The molecule has 5 nitrogen and oxygen atoms in total. The number of nitrogens with zero attached hydrogens (tertiary/aromatic N) is 2. The molecule has 0 aliphatic heterocycles. The van der Waals surface area contributed by atoms with E-state index in [1.807, 2.05) is 6.92 Å². The fourth-order valence-electron chi connectivity index (χ4n) is 1.40. The first-order valence-corrected chi connectivity index (χ1v) is 5.31. The van der Waals surface area contributed by atoms with E-state index in [4.69, 9.17) is 11.5 Å². The summed E-state index contributed by atoms with van der Waals surface area (Å²) in [5.74, 6) is 1.72. The van der Waals surface area contributed by atoms with Crippen molar-refractivity contribution in [2.24, 2.45) is 0 Å². The maximum atomic E-state index is 11.2. The fraction of sp³-hybridized carbons (Fsp3) is 0.417. The molecule has 90 valence electrons. The molecule has 1 unspecified atom stereocenters. The number of anilines is 1. The smallest absolute Gasteiger partial charge is 0.339 e. The van der Waals surface area contributed by atoms with E-state index in [2.05, 4.69) is 21.4 Å². The van der Waals surface area contributed by atoms with Gasteiger partial charge in [0.1, 0.15) is 5.56 Å². The van der Waals surface area contributed by atoms with Crippen LogP contribution in [0.4, 0.5) is 5.82 Å². The van der Waals surface area contributed by atoms with Gasteiger partial charge in [-0.25, -0.2) is 4.79 Å². The first-order chi connectivity index (χ1) is 8.01. The van der Waals surface area contributed by atoms with Crippen LogP contribution >= 0.6 is 0 Å². The van der Waals surface area contributed by atoms with E-state index in [1.54, 1.807) is 13.8 Å². The quantitative estimate of drug-likeness (QED) is 0.773. The maximum Gasteiger partial charge on any atom is 0.339 e. The second-order valence-electron chi connectivity index (χ2n) is 3.71. The molecule has 5 heteroatoms. The third-order valence-electron chi connectivity index (χ3n) is 2.59. The third-order valence-corrected chi connectivity index (χ3v) is 2.59. The molecule has 0 aromatic carbocycles. The van der Waals surface area contributed by atoms with E-state index < -0.39 is 5.97 Å². The highest BCUT2D eigenvalue weighted by Crippen LogP contribution is 2.19. The summed E-state index contributed by atoms with van der Waals surface area (Å²) in [5, 5.41) is 19.8. The third kappa shape index (κ3) is 2.72. The van der Waals surface area contributed by atoms with Crippen LogP contribution < -0.4 is 5.32 Å². The average molecular weight is 233 g/mol. The van der Waals surface area contributed by atoms with E-state index in [0.717, 1.165) is 0 Å². The van der Waals surface area contributed by atoms with Gasteiger partial charge in [0, 0.05) is 0 Å². The Hall–Kier alpha value is -2.09. The minimum Gasteiger partial charge on any atom is -0.478 e. The standard InChI is InChI=1S/C12H15N3O2/c1-5-9(6-2)13-11-10(12(16)17)7(3)8(4)14-15-11/h1,9H,6H2,2-4H3,(H,13,15)(H,16,17). The largest absolute Gasteiger partial charge is 0.478 e. The molecule has 1 atom stereocenters. The summed E-state index contributed by atoms with van der Waals surface area (Å²) in [4.78, 5) is 11.2. The van der Waals surface area contributed by atoms with E-state index in [1.165, 1.54) is 0 Å². The highest BCUT2D eigenvalue weighted by atomic mass is 16.4. The lowest BCUT2D eigenvalue weighted by molar-refractivity contribution is 0.0696. The van der Waals surface area contributed by atoms with Crippen molar-refractivity contribution in [1.29, 1.82) is 0 Å². The summed E-state index contributed by atoms with van der Waals surface area (Å²) in [7, 11) is 0. The Bertz CT molecular complexity index is 477. The number of terminal acetylenes is 1. The zero-order valence-electron chi connectivity index (χ0n) is 10.1. The first kappa shape index (κ1) is 13.0. The molecule has 0 saturated heterocycles. The summed E-state index contributed by atoms with van der Waals surface area (Å²) < 4.78 is 0. The Kier molecular flexibility index (Phi) is 4.05. The number of hydrogen-bond acceptors (Lipinski definition) is 4. The van der Waals surface area contributed by atoms with Gasteiger partial charge in [-0.05, 0) is 25.8 Å². The van der Waals surface area contributed by atoms with Crippen LogP contribution in [-0.4, -0.2) is 27.3 Å². The van der Waals surface area contributed by atoms with Gasteiger partial charge in [0.15, 0.2) is 5.82 Å². The Labute approximate surface area is 100 Å². The van der Waals surface area contributed by atoms with Gasteiger partial charge in [-0.3, -0.25) is 0 Å². The van der Waals surface area contributed by atoms with Gasteiger partial charge < -0.3 is 10.4 Å². The molecule has 2 N–H and O–H groups in total. The van der Waals surface area contributed by atoms with Crippen molar-refractivity contribution in [3.8, 4) is 12.3 Å². The number of carbonyl (C=O) groups is 1. The lowest BCUT2D eigenvalue weighted by Crippen LogP contribution is -2.20. The topological polar surface area (TPSA) is 75.1 Å². The minimum atomic E-state index is -1.03. The second-order valence-corrected chi connectivity index (χ2v) is 3.71. The van der Waals surface area contributed by atoms with Gasteiger partial charge in [-0.15, -0.1) is 11.5 Å². The number of hydrogen-bond donors (Lipinski definition) is 2. The number of carboxylic acids is 1. The summed E-state index contributed by atoms with van der Waals surface area (Å²) >= 11 is 0. The monoisotopic (exact) mass is 233 g/mol. The molecular formula is C12H15N3O2. The SMILES string of the molecule is C#CC(CC)Nc1nnc(C)c(C)c1C(=O)O. The molecule has 0 radical (unpaired) electrons. The molecule has 0 aliphatic rings. The van der Waals surface area contributed by atoms with E-state index >= 15 is 0 Å². The summed E-state index contributed by atoms with van der Waals surface area (Å²) in [5.41, 5.74) is 1.33. The van der Waals surface area contributed by atoms with Crippen LogP contribution in [0.3, 0.4) is 0 Å². The number of nitrogens with one attached hydrogen (secondary N) is 1. The number of carboxylic acid groups (broad SMARTS) is 1. The van der Waals surface area contributed by atoms with Gasteiger partial charge in [-0.2, -0.15) is 5.10 Å².